The topological polar surface area (TPSA) is 81.1 Å². The molecule has 0 unspecified atom stereocenters. The van der Waals surface area contributed by atoms with Gasteiger partial charge in [0.05, 0.1) is 29.1 Å². The summed E-state index contributed by atoms with van der Waals surface area (Å²) in [5.74, 6) is -0.150. The van der Waals surface area contributed by atoms with Gasteiger partial charge in [-0.25, -0.2) is 0 Å². The first-order chi connectivity index (χ1) is 11.1. The highest BCUT2D eigenvalue weighted by Crippen LogP contribution is 2.17. The molecule has 2 aromatic rings. The van der Waals surface area contributed by atoms with Crippen molar-refractivity contribution in [3.63, 3.8) is 0 Å². The number of hydrogen-bond donors (Lipinski definition) is 2. The van der Waals surface area contributed by atoms with Crippen LogP contribution in [0.5, 0.6) is 0 Å². The van der Waals surface area contributed by atoms with E-state index in [0.29, 0.717) is 17.7 Å². The predicted octanol–water partition coefficient (Wildman–Crippen LogP) is 1.99. The summed E-state index contributed by atoms with van der Waals surface area (Å²) < 4.78 is 0. The van der Waals surface area contributed by atoms with E-state index in [2.05, 4.69) is 21.7 Å². The molecule has 0 saturated heterocycles. The van der Waals surface area contributed by atoms with E-state index in [-0.39, 0.29) is 5.91 Å². The molecule has 0 aliphatic rings. The fraction of sp³-hybridized carbons (Fsp3) is 0.235. The number of nitrogens with zero attached hydrogens (tertiary/aromatic N) is 3. The van der Waals surface area contributed by atoms with E-state index in [1.54, 1.807) is 24.4 Å². The quantitative estimate of drug-likeness (QED) is 0.853. The number of nitrogens with one attached hydrogen (secondary N) is 2. The van der Waals surface area contributed by atoms with Crippen LogP contribution < -0.4 is 10.6 Å². The van der Waals surface area contributed by atoms with Crippen LogP contribution in [0.1, 0.15) is 15.9 Å². The van der Waals surface area contributed by atoms with Crippen molar-refractivity contribution < 1.29 is 4.79 Å². The second-order valence-corrected chi connectivity index (χ2v) is 5.34. The molecule has 1 amide bonds. The molecule has 2 N–H and O–H groups in total. The first-order valence-electron chi connectivity index (χ1n) is 7.23. The first-order valence-corrected chi connectivity index (χ1v) is 7.23. The van der Waals surface area contributed by atoms with Gasteiger partial charge in [0.25, 0.3) is 5.91 Å². The maximum atomic E-state index is 12.1. The summed E-state index contributed by atoms with van der Waals surface area (Å²) in [6.07, 6.45) is 3.18. The van der Waals surface area contributed by atoms with Gasteiger partial charge in [0.2, 0.25) is 0 Å². The average molecular weight is 309 g/mol. The second kappa shape index (κ2) is 7.92. The van der Waals surface area contributed by atoms with Crippen LogP contribution in [0.25, 0.3) is 0 Å². The van der Waals surface area contributed by atoms with Gasteiger partial charge in [0, 0.05) is 25.0 Å². The molecule has 1 aromatic carbocycles. The highest BCUT2D eigenvalue weighted by Gasteiger charge is 2.07. The summed E-state index contributed by atoms with van der Waals surface area (Å²) in [4.78, 5) is 18.2. The molecule has 0 bridgehead atoms. The van der Waals surface area contributed by atoms with Crippen LogP contribution in [0.15, 0.2) is 42.7 Å². The van der Waals surface area contributed by atoms with Gasteiger partial charge >= 0.3 is 0 Å². The number of hydrogen-bond acceptors (Lipinski definition) is 5. The largest absolute Gasteiger partial charge is 0.354 e. The third-order valence-electron chi connectivity index (χ3n) is 3.15. The SMILES string of the molecule is CN(C)CCNC(=O)c1cncc(Nc2ccc(C#N)cc2)c1. The molecule has 1 aromatic heterocycles. The maximum Gasteiger partial charge on any atom is 0.252 e. The first kappa shape index (κ1) is 16.5. The lowest BCUT2D eigenvalue weighted by molar-refractivity contribution is 0.0950. The van der Waals surface area contributed by atoms with E-state index >= 15 is 0 Å². The summed E-state index contributed by atoms with van der Waals surface area (Å²) in [5, 5.41) is 14.8. The Bertz CT molecular complexity index is 704. The average Bonchev–Trinajstić information content (AvgIpc) is 2.55. The van der Waals surface area contributed by atoms with E-state index in [9.17, 15) is 4.79 Å². The molecule has 6 heteroatoms. The Hall–Kier alpha value is -2.91. The smallest absolute Gasteiger partial charge is 0.252 e. The van der Waals surface area contributed by atoms with Gasteiger partial charge in [0.15, 0.2) is 0 Å². The maximum absolute atomic E-state index is 12.1. The Labute approximate surface area is 135 Å². The molecule has 0 saturated carbocycles. The van der Waals surface area contributed by atoms with Crippen molar-refractivity contribution in [2.45, 2.75) is 0 Å². The zero-order valence-corrected chi connectivity index (χ0v) is 13.2. The van der Waals surface area contributed by atoms with Crippen LogP contribution >= 0.6 is 0 Å². The van der Waals surface area contributed by atoms with Crippen LogP contribution in [0, 0.1) is 11.3 Å². The van der Waals surface area contributed by atoms with Gasteiger partial charge in [0.1, 0.15) is 0 Å². The monoisotopic (exact) mass is 309 g/mol. The molecule has 0 spiro atoms. The van der Waals surface area contributed by atoms with Crippen molar-refractivity contribution in [2.75, 3.05) is 32.5 Å². The molecule has 1 heterocycles. The fourth-order valence-electron chi connectivity index (χ4n) is 1.92. The predicted molar refractivity (Wildman–Crippen MR) is 89.6 cm³/mol. The minimum absolute atomic E-state index is 0.150. The summed E-state index contributed by atoms with van der Waals surface area (Å²) in [5.41, 5.74) is 2.65. The van der Waals surface area contributed by atoms with E-state index in [1.165, 1.54) is 6.20 Å². The number of benzene rings is 1. The molecule has 0 atom stereocenters. The van der Waals surface area contributed by atoms with Crippen LogP contribution in [0.3, 0.4) is 0 Å². The Morgan fingerprint density at radius 3 is 2.61 bits per heavy atom. The number of likely N-dealkylation sites (N-methyl/N-ethyl adjacent to an activating group) is 1. The third kappa shape index (κ3) is 5.09. The lowest BCUT2D eigenvalue weighted by Gasteiger charge is -2.11. The number of aromatic nitrogens is 1. The molecular formula is C17H19N5O. The molecule has 0 radical (unpaired) electrons. The van der Waals surface area contributed by atoms with Crippen molar-refractivity contribution >= 4 is 17.3 Å². The van der Waals surface area contributed by atoms with Gasteiger partial charge in [-0.2, -0.15) is 5.26 Å². The number of pyridine rings is 1. The summed E-state index contributed by atoms with van der Waals surface area (Å²) >= 11 is 0. The minimum atomic E-state index is -0.150. The lowest BCUT2D eigenvalue weighted by Crippen LogP contribution is -2.31. The van der Waals surface area contributed by atoms with E-state index < -0.39 is 0 Å². The molecule has 0 aliphatic carbocycles. The van der Waals surface area contributed by atoms with Gasteiger partial charge in [-0.15, -0.1) is 0 Å². The van der Waals surface area contributed by atoms with Gasteiger partial charge < -0.3 is 15.5 Å². The molecular weight excluding hydrogens is 290 g/mol. The Morgan fingerprint density at radius 1 is 1.22 bits per heavy atom. The van der Waals surface area contributed by atoms with Gasteiger partial charge in [-0.3, -0.25) is 9.78 Å². The van der Waals surface area contributed by atoms with Crippen molar-refractivity contribution in [3.05, 3.63) is 53.9 Å². The van der Waals surface area contributed by atoms with Crippen LogP contribution in [0.4, 0.5) is 11.4 Å². The Morgan fingerprint density at radius 2 is 1.96 bits per heavy atom. The Balaban J connectivity index is 2.01. The van der Waals surface area contributed by atoms with Crippen LogP contribution in [0.2, 0.25) is 0 Å². The van der Waals surface area contributed by atoms with Gasteiger partial charge in [-0.1, -0.05) is 0 Å². The lowest BCUT2D eigenvalue weighted by atomic mass is 10.2. The van der Waals surface area contributed by atoms with E-state index in [0.717, 1.165) is 17.9 Å². The Kier molecular flexibility index (Phi) is 5.67. The number of carbonyl (C=O) groups is 1. The summed E-state index contributed by atoms with van der Waals surface area (Å²) in [6, 6.07) is 10.9. The van der Waals surface area contributed by atoms with Crippen LogP contribution in [-0.4, -0.2) is 43.0 Å². The molecule has 0 aliphatic heterocycles. The second-order valence-electron chi connectivity index (χ2n) is 5.34. The fourth-order valence-corrected chi connectivity index (χ4v) is 1.92. The highest BCUT2D eigenvalue weighted by molar-refractivity contribution is 5.94. The number of rotatable bonds is 6. The molecule has 6 nitrogen and oxygen atoms in total. The third-order valence-corrected chi connectivity index (χ3v) is 3.15. The zero-order chi connectivity index (χ0) is 16.7. The zero-order valence-electron chi connectivity index (χ0n) is 13.2. The molecule has 118 valence electrons. The van der Waals surface area contributed by atoms with Crippen molar-refractivity contribution in [3.8, 4) is 6.07 Å². The minimum Gasteiger partial charge on any atom is -0.354 e. The number of carbonyl (C=O) groups excluding carboxylic acids is 1. The molecule has 2 rings (SSSR count). The number of anilines is 2. The van der Waals surface area contributed by atoms with E-state index in [1.807, 2.05) is 31.1 Å². The molecule has 23 heavy (non-hydrogen) atoms. The van der Waals surface area contributed by atoms with Crippen molar-refractivity contribution in [1.82, 2.24) is 15.2 Å². The van der Waals surface area contributed by atoms with Gasteiger partial charge in [-0.05, 0) is 44.4 Å². The summed E-state index contributed by atoms with van der Waals surface area (Å²) in [7, 11) is 3.91. The van der Waals surface area contributed by atoms with Crippen LogP contribution in [-0.2, 0) is 0 Å². The van der Waals surface area contributed by atoms with Crippen molar-refractivity contribution in [2.24, 2.45) is 0 Å². The van der Waals surface area contributed by atoms with E-state index in [4.69, 9.17) is 5.26 Å². The number of nitriles is 1. The number of amides is 1. The normalized spacial score (nSPS) is 10.2. The highest BCUT2D eigenvalue weighted by atomic mass is 16.1. The molecule has 0 fully saturated rings. The standard InChI is InChI=1S/C17H19N5O/c1-22(2)8-7-20-17(23)14-9-16(12-19-11-14)21-15-5-3-13(10-18)4-6-15/h3-6,9,11-12,21H,7-8H2,1-2H3,(H,20,23). The summed E-state index contributed by atoms with van der Waals surface area (Å²) in [6.45, 7) is 1.36. The van der Waals surface area contributed by atoms with Crippen molar-refractivity contribution in [1.29, 1.82) is 5.26 Å².